The van der Waals surface area contributed by atoms with Gasteiger partial charge in [-0.3, -0.25) is 9.55 Å². The second-order valence-corrected chi connectivity index (χ2v) is 8.18. The Hall–Kier alpha value is -4.06. The van der Waals surface area contributed by atoms with E-state index in [1.54, 1.807) is 41.2 Å². The van der Waals surface area contributed by atoms with Gasteiger partial charge in [0.15, 0.2) is 11.0 Å². The molecule has 176 valence electrons. The number of pyridine rings is 1. The van der Waals surface area contributed by atoms with Crippen LogP contribution in [-0.2, 0) is 11.9 Å². The SMILES string of the molecule is Fc1ccc(-n2c(SCc3nc(-c4cccc(C(F)(F)F)c4)no3)nnc2-c2ccncc2)cc1. The smallest absolute Gasteiger partial charge is 0.338 e. The molecule has 0 unspecified atom stereocenters. The lowest BCUT2D eigenvalue weighted by atomic mass is 10.1. The van der Waals surface area contributed by atoms with Gasteiger partial charge in [0.1, 0.15) is 5.82 Å². The number of nitrogens with zero attached hydrogens (tertiary/aromatic N) is 6. The van der Waals surface area contributed by atoms with Crippen LogP contribution in [0.1, 0.15) is 11.5 Å². The average Bonchev–Trinajstić information content (AvgIpc) is 3.51. The molecule has 12 heteroatoms. The summed E-state index contributed by atoms with van der Waals surface area (Å²) in [6.45, 7) is 0. The Morgan fingerprint density at radius 3 is 2.43 bits per heavy atom. The van der Waals surface area contributed by atoms with Gasteiger partial charge in [0.25, 0.3) is 0 Å². The summed E-state index contributed by atoms with van der Waals surface area (Å²) in [6, 6.07) is 14.1. The molecule has 0 spiro atoms. The van der Waals surface area contributed by atoms with Crippen molar-refractivity contribution in [1.82, 2.24) is 29.9 Å². The normalized spacial score (nSPS) is 11.7. The molecular formula is C23H14F4N6OS. The first-order valence-electron chi connectivity index (χ1n) is 10.1. The number of hydrogen-bond acceptors (Lipinski definition) is 7. The minimum atomic E-state index is -4.48. The predicted octanol–water partition coefficient (Wildman–Crippen LogP) is 5.83. The molecule has 0 amide bonds. The largest absolute Gasteiger partial charge is 0.416 e. The lowest BCUT2D eigenvalue weighted by Gasteiger charge is -2.09. The first-order chi connectivity index (χ1) is 16.9. The molecule has 7 nitrogen and oxygen atoms in total. The Morgan fingerprint density at radius 2 is 1.69 bits per heavy atom. The van der Waals surface area contributed by atoms with Crippen LogP contribution in [0, 0.1) is 5.82 Å². The van der Waals surface area contributed by atoms with Gasteiger partial charge < -0.3 is 4.52 Å². The Morgan fingerprint density at radius 1 is 0.914 bits per heavy atom. The molecule has 0 saturated heterocycles. The first kappa shape index (κ1) is 22.7. The zero-order valence-electron chi connectivity index (χ0n) is 17.6. The zero-order chi connectivity index (χ0) is 24.4. The highest BCUT2D eigenvalue weighted by atomic mass is 32.2. The van der Waals surface area contributed by atoms with Crippen LogP contribution in [0.5, 0.6) is 0 Å². The van der Waals surface area contributed by atoms with Crippen molar-refractivity contribution in [2.75, 3.05) is 0 Å². The lowest BCUT2D eigenvalue weighted by Crippen LogP contribution is -2.04. The quantitative estimate of drug-likeness (QED) is 0.215. The fourth-order valence-electron chi connectivity index (χ4n) is 3.27. The second kappa shape index (κ2) is 9.29. The highest BCUT2D eigenvalue weighted by Crippen LogP contribution is 2.32. The summed E-state index contributed by atoms with van der Waals surface area (Å²) in [6.07, 6.45) is -1.23. The summed E-state index contributed by atoms with van der Waals surface area (Å²) in [7, 11) is 0. The van der Waals surface area contributed by atoms with E-state index in [1.807, 2.05) is 0 Å². The van der Waals surface area contributed by atoms with Gasteiger partial charge in [-0.2, -0.15) is 18.2 Å². The molecule has 0 bridgehead atoms. The third-order valence-electron chi connectivity index (χ3n) is 4.90. The maximum atomic E-state index is 13.5. The Labute approximate surface area is 199 Å². The van der Waals surface area contributed by atoms with Crippen LogP contribution in [0.15, 0.2) is 82.7 Å². The van der Waals surface area contributed by atoms with E-state index in [0.717, 1.165) is 17.7 Å². The molecule has 0 atom stereocenters. The van der Waals surface area contributed by atoms with E-state index >= 15 is 0 Å². The Kier molecular flexibility index (Phi) is 6.03. The van der Waals surface area contributed by atoms with Crippen molar-refractivity contribution >= 4 is 11.8 Å². The van der Waals surface area contributed by atoms with Crippen LogP contribution >= 0.6 is 11.8 Å². The van der Waals surface area contributed by atoms with Gasteiger partial charge in [-0.05, 0) is 48.5 Å². The van der Waals surface area contributed by atoms with E-state index < -0.39 is 11.7 Å². The molecule has 0 radical (unpaired) electrons. The van der Waals surface area contributed by atoms with E-state index in [1.165, 1.54) is 36.0 Å². The molecule has 0 aliphatic rings. The molecule has 3 heterocycles. The summed E-state index contributed by atoms with van der Waals surface area (Å²) >= 11 is 1.23. The number of aromatic nitrogens is 6. The van der Waals surface area contributed by atoms with Crippen molar-refractivity contribution < 1.29 is 22.1 Å². The highest BCUT2D eigenvalue weighted by molar-refractivity contribution is 7.98. The molecule has 0 saturated carbocycles. The van der Waals surface area contributed by atoms with Gasteiger partial charge in [-0.25, -0.2) is 4.39 Å². The molecule has 0 aliphatic carbocycles. The van der Waals surface area contributed by atoms with Crippen molar-refractivity contribution in [3.63, 3.8) is 0 Å². The molecule has 2 aromatic carbocycles. The molecule has 5 rings (SSSR count). The number of alkyl halides is 3. The minimum Gasteiger partial charge on any atom is -0.338 e. The summed E-state index contributed by atoms with van der Waals surface area (Å²) < 4.78 is 59.5. The molecule has 35 heavy (non-hydrogen) atoms. The van der Waals surface area contributed by atoms with E-state index in [0.29, 0.717) is 16.7 Å². The molecular weight excluding hydrogens is 484 g/mol. The van der Waals surface area contributed by atoms with Crippen molar-refractivity contribution in [2.24, 2.45) is 0 Å². The summed E-state index contributed by atoms with van der Waals surface area (Å²) in [5.41, 5.74) is 0.787. The van der Waals surface area contributed by atoms with E-state index in [-0.39, 0.29) is 28.8 Å². The Balaban J connectivity index is 1.42. The van der Waals surface area contributed by atoms with Gasteiger partial charge in [-0.1, -0.05) is 29.1 Å². The number of rotatable bonds is 6. The van der Waals surface area contributed by atoms with E-state index in [9.17, 15) is 17.6 Å². The maximum absolute atomic E-state index is 13.5. The second-order valence-electron chi connectivity index (χ2n) is 7.23. The minimum absolute atomic E-state index is 0.0455. The van der Waals surface area contributed by atoms with Crippen molar-refractivity contribution in [1.29, 1.82) is 0 Å². The van der Waals surface area contributed by atoms with Crippen molar-refractivity contribution in [3.8, 4) is 28.5 Å². The number of hydrogen-bond donors (Lipinski definition) is 0. The number of thioether (sulfide) groups is 1. The summed E-state index contributed by atoms with van der Waals surface area (Å²) in [5.74, 6) is 0.568. The molecule has 3 aromatic heterocycles. The first-order valence-corrected chi connectivity index (χ1v) is 11.1. The fourth-order valence-corrected chi connectivity index (χ4v) is 4.06. The number of halogens is 4. The molecule has 0 fully saturated rings. The maximum Gasteiger partial charge on any atom is 0.416 e. The lowest BCUT2D eigenvalue weighted by molar-refractivity contribution is -0.137. The van der Waals surface area contributed by atoms with Crippen molar-refractivity contribution in [2.45, 2.75) is 17.1 Å². The highest BCUT2D eigenvalue weighted by Gasteiger charge is 2.30. The van der Waals surface area contributed by atoms with Crippen molar-refractivity contribution in [3.05, 3.63) is 90.3 Å². The molecule has 0 N–H and O–H groups in total. The van der Waals surface area contributed by atoms with Crippen LogP contribution in [0.4, 0.5) is 17.6 Å². The van der Waals surface area contributed by atoms with Crippen LogP contribution in [0.2, 0.25) is 0 Å². The van der Waals surface area contributed by atoms with Crippen LogP contribution in [0.25, 0.3) is 28.5 Å². The van der Waals surface area contributed by atoms with Crippen LogP contribution in [0.3, 0.4) is 0 Å². The van der Waals surface area contributed by atoms with Gasteiger partial charge in [0.2, 0.25) is 11.7 Å². The predicted molar refractivity (Wildman–Crippen MR) is 119 cm³/mol. The number of benzene rings is 2. The van der Waals surface area contributed by atoms with Gasteiger partial charge in [0, 0.05) is 29.2 Å². The van der Waals surface area contributed by atoms with Gasteiger partial charge in [0.05, 0.1) is 11.3 Å². The van der Waals surface area contributed by atoms with Gasteiger partial charge in [-0.15, -0.1) is 10.2 Å². The Bertz CT molecular complexity index is 1450. The topological polar surface area (TPSA) is 82.5 Å². The third-order valence-corrected chi connectivity index (χ3v) is 5.81. The van der Waals surface area contributed by atoms with E-state index in [4.69, 9.17) is 4.52 Å². The molecule has 5 aromatic rings. The molecule has 0 aliphatic heterocycles. The summed E-state index contributed by atoms with van der Waals surface area (Å²) in [4.78, 5) is 8.23. The van der Waals surface area contributed by atoms with Crippen LogP contribution < -0.4 is 0 Å². The average molecular weight is 498 g/mol. The van der Waals surface area contributed by atoms with E-state index in [2.05, 4.69) is 25.3 Å². The monoisotopic (exact) mass is 498 g/mol. The van der Waals surface area contributed by atoms with Gasteiger partial charge >= 0.3 is 6.18 Å². The fraction of sp³-hybridized carbons (Fsp3) is 0.0870. The van der Waals surface area contributed by atoms with Crippen LogP contribution in [-0.4, -0.2) is 29.9 Å². The standard InChI is InChI=1S/C23H14F4N6OS/c24-17-4-6-18(7-5-17)33-21(14-8-10-28-11-9-14)30-31-22(33)35-13-19-29-20(32-34-19)15-2-1-3-16(12-15)23(25,26)27/h1-12H,13H2. The third kappa shape index (κ3) is 4.92. The zero-order valence-corrected chi connectivity index (χ0v) is 18.5. The summed E-state index contributed by atoms with van der Waals surface area (Å²) in [5, 5.41) is 12.8.